The van der Waals surface area contributed by atoms with E-state index in [9.17, 15) is 0 Å². The van der Waals surface area contributed by atoms with Gasteiger partial charge in [0.15, 0.2) is 0 Å². The van der Waals surface area contributed by atoms with Gasteiger partial charge in [-0.1, -0.05) is 23.3 Å². The lowest BCUT2D eigenvalue weighted by molar-refractivity contribution is 0.119. The van der Waals surface area contributed by atoms with Gasteiger partial charge < -0.3 is 9.94 Å². The molecule has 0 saturated heterocycles. The van der Waals surface area contributed by atoms with Gasteiger partial charge in [-0.15, -0.1) is 0 Å². The quantitative estimate of drug-likeness (QED) is 0.685. The molecule has 0 aliphatic rings. The van der Waals surface area contributed by atoms with Crippen molar-refractivity contribution < 1.29 is 9.94 Å². The average molecular weight is 178 g/mol. The van der Waals surface area contributed by atoms with Gasteiger partial charge in [-0.3, -0.25) is 0 Å². The molecule has 2 aromatic rings. The fraction of sp³-hybridized carbons (Fsp3) is 0. The van der Waals surface area contributed by atoms with Crippen molar-refractivity contribution in [1.29, 1.82) is 0 Å². The Bertz CT molecular complexity index is 386. The van der Waals surface area contributed by atoms with Crippen LogP contribution in [0.15, 0.2) is 30.3 Å². The van der Waals surface area contributed by atoms with Crippen molar-refractivity contribution in [2.75, 3.05) is 0 Å². The summed E-state index contributed by atoms with van der Waals surface area (Å²) in [5.74, 6) is 0.563. The smallest absolute Gasteiger partial charge is 0.376 e. The Morgan fingerprint density at radius 2 is 2.00 bits per heavy atom. The number of ether oxygens (including phenoxy) is 1. The van der Waals surface area contributed by atoms with Gasteiger partial charge in [-0.2, -0.15) is 0 Å². The minimum Gasteiger partial charge on any atom is -0.421 e. The fourth-order valence-electron chi connectivity index (χ4n) is 0.830. The summed E-state index contributed by atoms with van der Waals surface area (Å²) in [5.41, 5.74) is 0. The van der Waals surface area contributed by atoms with Crippen LogP contribution in [0.4, 0.5) is 0 Å². The van der Waals surface area contributed by atoms with Crippen LogP contribution in [0.1, 0.15) is 0 Å². The third-order valence-corrected chi connectivity index (χ3v) is 1.38. The van der Waals surface area contributed by atoms with E-state index >= 15 is 0 Å². The zero-order chi connectivity index (χ0) is 9.10. The van der Waals surface area contributed by atoms with E-state index in [1.807, 2.05) is 6.07 Å². The summed E-state index contributed by atoms with van der Waals surface area (Å²) in [5, 5.41) is 18.8. The highest BCUT2D eigenvalue weighted by atomic mass is 16.6. The summed E-state index contributed by atoms with van der Waals surface area (Å²) >= 11 is 0. The maximum absolute atomic E-state index is 8.97. The first-order valence-corrected chi connectivity index (χ1v) is 3.57. The second-order valence-corrected chi connectivity index (χ2v) is 2.27. The highest BCUT2D eigenvalue weighted by molar-refractivity contribution is 5.23. The van der Waals surface area contributed by atoms with E-state index in [0.29, 0.717) is 10.6 Å². The lowest BCUT2D eigenvalue weighted by Gasteiger charge is -1.99. The Labute approximate surface area is 73.3 Å². The first-order valence-electron chi connectivity index (χ1n) is 3.57. The van der Waals surface area contributed by atoms with Crippen molar-refractivity contribution in [3.05, 3.63) is 30.3 Å². The van der Waals surface area contributed by atoms with Crippen molar-refractivity contribution in [2.45, 2.75) is 0 Å². The maximum Gasteiger partial charge on any atom is 0.376 e. The summed E-state index contributed by atoms with van der Waals surface area (Å²) in [6.45, 7) is 0. The summed E-state index contributed by atoms with van der Waals surface area (Å²) in [6, 6.07) is 8.87. The van der Waals surface area contributed by atoms with Gasteiger partial charge in [-0.25, -0.2) is 0 Å². The molecule has 0 aliphatic carbocycles. The largest absolute Gasteiger partial charge is 0.421 e. The summed E-state index contributed by atoms with van der Waals surface area (Å²) < 4.78 is 5.13. The minimum atomic E-state index is -0.0637. The Hall–Kier alpha value is -2.11. The highest BCUT2D eigenvalue weighted by Gasteiger charge is 2.05. The topological polar surface area (TPSA) is 73.1 Å². The van der Waals surface area contributed by atoms with E-state index in [0.717, 1.165) is 0 Å². The molecule has 0 spiro atoms. The SMILES string of the molecule is On1nnnc1Oc1ccccc1. The molecule has 1 heterocycles. The van der Waals surface area contributed by atoms with Gasteiger partial charge in [0, 0.05) is 0 Å². The number of aromatic nitrogens is 4. The van der Waals surface area contributed by atoms with Gasteiger partial charge in [0.1, 0.15) is 5.75 Å². The van der Waals surface area contributed by atoms with Crippen molar-refractivity contribution in [3.63, 3.8) is 0 Å². The summed E-state index contributed by atoms with van der Waals surface area (Å²) in [4.78, 5) is 0.465. The van der Waals surface area contributed by atoms with Crippen molar-refractivity contribution in [2.24, 2.45) is 0 Å². The van der Waals surface area contributed by atoms with Crippen LogP contribution >= 0.6 is 0 Å². The highest BCUT2D eigenvalue weighted by Crippen LogP contribution is 2.15. The molecule has 1 aromatic heterocycles. The molecule has 0 unspecified atom stereocenters. The average Bonchev–Trinajstić information content (AvgIpc) is 2.54. The zero-order valence-corrected chi connectivity index (χ0v) is 6.53. The van der Waals surface area contributed by atoms with Gasteiger partial charge in [0.05, 0.1) is 0 Å². The Morgan fingerprint density at radius 3 is 2.62 bits per heavy atom. The lowest BCUT2D eigenvalue weighted by atomic mass is 10.3. The third kappa shape index (κ3) is 1.56. The molecule has 0 radical (unpaired) electrons. The molecule has 0 bridgehead atoms. The standard InChI is InChI=1S/C7H6N4O2/c12-11-7(8-9-10-11)13-6-4-2-1-3-5-6/h1-5,12H. The van der Waals surface area contributed by atoms with Crippen LogP contribution in [0.5, 0.6) is 11.8 Å². The second-order valence-electron chi connectivity index (χ2n) is 2.27. The molecule has 2 rings (SSSR count). The number of rotatable bonds is 2. The molecule has 0 saturated carbocycles. The predicted octanol–water partition coefficient (Wildman–Crippen LogP) is 0.703. The minimum absolute atomic E-state index is 0.0637. The monoisotopic (exact) mass is 178 g/mol. The summed E-state index contributed by atoms with van der Waals surface area (Å²) in [7, 11) is 0. The molecule has 0 aliphatic heterocycles. The maximum atomic E-state index is 8.97. The number of benzene rings is 1. The number of hydrogen-bond donors (Lipinski definition) is 1. The Kier molecular flexibility index (Phi) is 1.79. The first kappa shape index (κ1) is 7.53. The van der Waals surface area contributed by atoms with Crippen molar-refractivity contribution in [3.8, 4) is 11.8 Å². The summed E-state index contributed by atoms with van der Waals surface area (Å²) in [6.07, 6.45) is 0. The number of para-hydroxylation sites is 1. The molecule has 1 aromatic carbocycles. The van der Waals surface area contributed by atoms with Crippen LogP contribution in [-0.2, 0) is 0 Å². The molecule has 66 valence electrons. The van der Waals surface area contributed by atoms with Gasteiger partial charge in [-0.05, 0) is 27.4 Å². The van der Waals surface area contributed by atoms with Crippen LogP contribution in [-0.4, -0.2) is 25.6 Å². The molecule has 0 amide bonds. The molecular formula is C7H6N4O2. The predicted molar refractivity (Wildman–Crippen MR) is 41.5 cm³/mol. The lowest BCUT2D eigenvalue weighted by Crippen LogP contribution is -1.96. The molecule has 0 fully saturated rings. The fourth-order valence-corrected chi connectivity index (χ4v) is 0.830. The van der Waals surface area contributed by atoms with E-state index < -0.39 is 0 Å². The first-order chi connectivity index (χ1) is 6.36. The normalized spacial score (nSPS) is 9.85. The number of tetrazole rings is 1. The van der Waals surface area contributed by atoms with Crippen LogP contribution in [0, 0.1) is 0 Å². The van der Waals surface area contributed by atoms with Gasteiger partial charge >= 0.3 is 6.01 Å². The van der Waals surface area contributed by atoms with Crippen LogP contribution in [0.25, 0.3) is 0 Å². The van der Waals surface area contributed by atoms with E-state index in [4.69, 9.17) is 9.94 Å². The molecular weight excluding hydrogens is 172 g/mol. The van der Waals surface area contributed by atoms with Crippen LogP contribution < -0.4 is 4.74 Å². The van der Waals surface area contributed by atoms with E-state index in [1.54, 1.807) is 24.3 Å². The molecule has 1 N–H and O–H groups in total. The number of nitrogens with zero attached hydrogens (tertiary/aromatic N) is 4. The zero-order valence-electron chi connectivity index (χ0n) is 6.53. The van der Waals surface area contributed by atoms with E-state index in [1.165, 1.54) is 0 Å². The van der Waals surface area contributed by atoms with E-state index in [-0.39, 0.29) is 6.01 Å². The van der Waals surface area contributed by atoms with Gasteiger partial charge in [0.2, 0.25) is 0 Å². The number of hydrogen-bond acceptors (Lipinski definition) is 5. The van der Waals surface area contributed by atoms with Crippen LogP contribution in [0.3, 0.4) is 0 Å². The molecule has 0 atom stereocenters. The Balaban J connectivity index is 2.20. The van der Waals surface area contributed by atoms with Crippen molar-refractivity contribution in [1.82, 2.24) is 20.4 Å². The molecule has 6 nitrogen and oxygen atoms in total. The van der Waals surface area contributed by atoms with Crippen LogP contribution in [0.2, 0.25) is 0 Å². The van der Waals surface area contributed by atoms with Crippen molar-refractivity contribution >= 4 is 0 Å². The molecule has 6 heteroatoms. The Morgan fingerprint density at radius 1 is 1.23 bits per heavy atom. The second kappa shape index (κ2) is 3.10. The third-order valence-electron chi connectivity index (χ3n) is 1.38. The molecule has 13 heavy (non-hydrogen) atoms. The van der Waals surface area contributed by atoms with Gasteiger partial charge in [0.25, 0.3) is 0 Å². The van der Waals surface area contributed by atoms with E-state index in [2.05, 4.69) is 15.5 Å².